The topological polar surface area (TPSA) is 38.3 Å². The van der Waals surface area contributed by atoms with Crippen LogP contribution in [0.1, 0.15) is 34.1 Å². The third kappa shape index (κ3) is 4.89. The number of nitrogens with one attached hydrogen (secondary N) is 1. The van der Waals surface area contributed by atoms with Crippen LogP contribution in [0.2, 0.25) is 0 Å². The van der Waals surface area contributed by atoms with Crippen molar-refractivity contribution in [2.45, 2.75) is 44.9 Å². The number of rotatable bonds is 7. The Hall–Kier alpha value is -0.220. The predicted octanol–water partition coefficient (Wildman–Crippen LogP) is 2.06. The van der Waals surface area contributed by atoms with E-state index >= 15 is 0 Å². The Morgan fingerprint density at radius 3 is 2.53 bits per heavy atom. The lowest BCUT2D eigenvalue weighted by Crippen LogP contribution is -2.51. The second-order valence-corrected chi connectivity index (χ2v) is 5.11. The maximum atomic E-state index is 11.8. The molecule has 0 aromatic heterocycles. The molecular weight excluding hydrogens is 210 g/mol. The molecule has 0 spiro atoms. The highest BCUT2D eigenvalue weighted by Gasteiger charge is 2.35. The number of carbonyl (C=O) groups excluding carboxylic acids is 1. The van der Waals surface area contributed by atoms with E-state index in [0.717, 1.165) is 13.0 Å². The van der Waals surface area contributed by atoms with E-state index < -0.39 is 5.54 Å². The zero-order chi connectivity index (χ0) is 11.9. The fourth-order valence-electron chi connectivity index (χ4n) is 1.57. The van der Waals surface area contributed by atoms with Crippen molar-refractivity contribution in [3.63, 3.8) is 0 Å². The van der Waals surface area contributed by atoms with E-state index in [0.29, 0.717) is 11.9 Å². The molecule has 1 N–H and O–H groups in total. The molecule has 0 heterocycles. The fraction of sp³-hybridized carbons (Fsp3) is 0.909. The summed E-state index contributed by atoms with van der Waals surface area (Å²) in [4.78, 5) is 11.8. The van der Waals surface area contributed by atoms with Gasteiger partial charge >= 0.3 is 5.97 Å². The average Bonchev–Trinajstić information content (AvgIpc) is 2.18. The molecule has 0 rings (SSSR count). The summed E-state index contributed by atoms with van der Waals surface area (Å²) in [6.07, 6.45) is 2.85. The summed E-state index contributed by atoms with van der Waals surface area (Å²) in [5, 5.41) is 3.66. The summed E-state index contributed by atoms with van der Waals surface area (Å²) in [5.74, 6) is -0.146. The Balaban J connectivity index is 4.49. The van der Waals surface area contributed by atoms with Crippen LogP contribution in [0.15, 0.2) is 0 Å². The van der Waals surface area contributed by atoms with Crippen LogP contribution in [0.25, 0.3) is 0 Å². The molecule has 0 bridgehead atoms. The average molecular weight is 233 g/mol. The largest absolute Gasteiger partial charge is 0.465 e. The van der Waals surface area contributed by atoms with Gasteiger partial charge in [-0.05, 0) is 33.1 Å². The van der Waals surface area contributed by atoms with Crippen LogP contribution in [-0.4, -0.2) is 36.2 Å². The van der Waals surface area contributed by atoms with Gasteiger partial charge in [0.1, 0.15) is 5.54 Å². The summed E-state index contributed by atoms with van der Waals surface area (Å²) in [6, 6.07) is 0. The summed E-state index contributed by atoms with van der Waals surface area (Å²) < 4.78 is 5.09. The van der Waals surface area contributed by atoms with Gasteiger partial charge < -0.3 is 10.1 Å². The molecule has 15 heavy (non-hydrogen) atoms. The van der Waals surface area contributed by atoms with Crippen LogP contribution in [0.4, 0.5) is 0 Å². The predicted molar refractivity (Wildman–Crippen MR) is 66.3 cm³/mol. The summed E-state index contributed by atoms with van der Waals surface area (Å²) in [7, 11) is 0. The van der Waals surface area contributed by atoms with Crippen molar-refractivity contribution >= 4 is 17.7 Å². The molecule has 0 aliphatic carbocycles. The van der Waals surface area contributed by atoms with Crippen molar-refractivity contribution < 1.29 is 9.53 Å². The normalized spacial score (nSPS) is 16.9. The Bertz CT molecular complexity index is 199. The minimum absolute atomic E-state index is 0.146. The van der Waals surface area contributed by atoms with Gasteiger partial charge in [-0.25, -0.2) is 0 Å². The number of esters is 1. The van der Waals surface area contributed by atoms with Gasteiger partial charge in [-0.2, -0.15) is 11.8 Å². The maximum Gasteiger partial charge on any atom is 0.326 e. The Morgan fingerprint density at radius 2 is 2.13 bits per heavy atom. The van der Waals surface area contributed by atoms with E-state index in [-0.39, 0.29) is 5.97 Å². The highest BCUT2D eigenvalue weighted by molar-refractivity contribution is 7.99. The van der Waals surface area contributed by atoms with E-state index in [4.69, 9.17) is 4.74 Å². The Kier molecular flexibility index (Phi) is 7.02. The van der Waals surface area contributed by atoms with E-state index in [2.05, 4.69) is 18.5 Å². The number of ether oxygens (including phenoxy) is 1. The van der Waals surface area contributed by atoms with Crippen molar-refractivity contribution in [2.24, 2.45) is 0 Å². The number of hydrogen-bond acceptors (Lipinski definition) is 4. The van der Waals surface area contributed by atoms with Gasteiger partial charge in [-0.15, -0.1) is 0 Å². The lowest BCUT2D eigenvalue weighted by molar-refractivity contribution is -0.150. The van der Waals surface area contributed by atoms with Crippen LogP contribution >= 0.6 is 11.8 Å². The highest BCUT2D eigenvalue weighted by Crippen LogP contribution is 2.21. The molecular formula is C11H23NO2S. The van der Waals surface area contributed by atoms with E-state index in [1.54, 1.807) is 11.8 Å². The van der Waals surface area contributed by atoms with Gasteiger partial charge in [0.25, 0.3) is 0 Å². The molecule has 0 aromatic carbocycles. The molecule has 0 aliphatic heterocycles. The summed E-state index contributed by atoms with van der Waals surface area (Å²) >= 11 is 1.77. The lowest BCUT2D eigenvalue weighted by atomic mass is 9.96. The van der Waals surface area contributed by atoms with Crippen molar-refractivity contribution in [3.8, 4) is 0 Å². The minimum Gasteiger partial charge on any atom is -0.465 e. The summed E-state index contributed by atoms with van der Waals surface area (Å²) in [5.41, 5.74) is -0.548. The molecule has 0 saturated heterocycles. The molecule has 0 aliphatic rings. The molecule has 0 radical (unpaired) electrons. The highest BCUT2D eigenvalue weighted by atomic mass is 32.2. The van der Waals surface area contributed by atoms with Crippen molar-refractivity contribution in [1.82, 2.24) is 5.32 Å². The third-order valence-corrected chi connectivity index (χ3v) is 3.36. The number of hydrogen-bond donors (Lipinski definition) is 1. The quantitative estimate of drug-likeness (QED) is 0.683. The monoisotopic (exact) mass is 233 g/mol. The zero-order valence-electron chi connectivity index (χ0n) is 10.4. The van der Waals surface area contributed by atoms with Crippen molar-refractivity contribution in [2.75, 3.05) is 19.4 Å². The zero-order valence-corrected chi connectivity index (χ0v) is 11.2. The Morgan fingerprint density at radius 1 is 1.53 bits per heavy atom. The van der Waals surface area contributed by atoms with E-state index in [1.807, 2.05) is 20.8 Å². The molecule has 0 saturated carbocycles. The molecule has 0 fully saturated rings. The van der Waals surface area contributed by atoms with Crippen LogP contribution in [0.3, 0.4) is 0 Å². The molecule has 4 heteroatoms. The molecule has 0 aromatic rings. The van der Waals surface area contributed by atoms with Gasteiger partial charge in [0, 0.05) is 5.25 Å². The first-order valence-electron chi connectivity index (χ1n) is 5.45. The Labute approximate surface area is 97.3 Å². The van der Waals surface area contributed by atoms with E-state index in [1.165, 1.54) is 0 Å². The number of likely N-dealkylation sites (N-methyl/N-ethyl adjacent to an activating group) is 1. The van der Waals surface area contributed by atoms with Crippen LogP contribution in [0, 0.1) is 0 Å². The molecule has 3 nitrogen and oxygen atoms in total. The fourth-order valence-corrected chi connectivity index (χ4v) is 2.07. The first-order chi connectivity index (χ1) is 7.00. The van der Waals surface area contributed by atoms with Crippen LogP contribution < -0.4 is 5.32 Å². The second-order valence-electron chi connectivity index (χ2n) is 3.83. The van der Waals surface area contributed by atoms with Crippen LogP contribution in [-0.2, 0) is 9.53 Å². The third-order valence-electron chi connectivity index (χ3n) is 2.39. The van der Waals surface area contributed by atoms with Crippen molar-refractivity contribution in [3.05, 3.63) is 0 Å². The minimum atomic E-state index is -0.548. The first kappa shape index (κ1) is 14.8. The lowest BCUT2D eigenvalue weighted by Gasteiger charge is -2.30. The first-order valence-corrected chi connectivity index (χ1v) is 6.74. The molecule has 0 amide bonds. The van der Waals surface area contributed by atoms with Gasteiger partial charge in [0.2, 0.25) is 0 Å². The van der Waals surface area contributed by atoms with Gasteiger partial charge in [0.05, 0.1) is 6.61 Å². The van der Waals surface area contributed by atoms with Gasteiger partial charge in [0.15, 0.2) is 0 Å². The van der Waals surface area contributed by atoms with E-state index in [9.17, 15) is 4.79 Å². The smallest absolute Gasteiger partial charge is 0.326 e. The molecule has 2 atom stereocenters. The van der Waals surface area contributed by atoms with Gasteiger partial charge in [-0.1, -0.05) is 13.8 Å². The summed E-state index contributed by atoms with van der Waals surface area (Å²) in [6.45, 7) is 9.09. The SMILES string of the molecule is CCNC(C)(CC(C)SC)C(=O)OCC. The second kappa shape index (κ2) is 7.12. The van der Waals surface area contributed by atoms with Gasteiger partial charge in [-0.3, -0.25) is 4.79 Å². The van der Waals surface area contributed by atoms with Crippen molar-refractivity contribution in [1.29, 1.82) is 0 Å². The van der Waals surface area contributed by atoms with Crippen LogP contribution in [0.5, 0.6) is 0 Å². The number of thioether (sulfide) groups is 1. The standard InChI is InChI=1S/C11H23NO2S/c1-6-12-11(4,8-9(3)15-5)10(13)14-7-2/h9,12H,6-8H2,1-5H3. The molecule has 2 unspecified atom stereocenters. The number of carbonyl (C=O) groups is 1. The molecule has 90 valence electrons. The maximum absolute atomic E-state index is 11.8.